The number of ether oxygens (including phenoxy) is 1. The van der Waals surface area contributed by atoms with E-state index in [0.717, 1.165) is 33.7 Å². The van der Waals surface area contributed by atoms with Crippen LogP contribution in [0.25, 0.3) is 11.1 Å². The van der Waals surface area contributed by atoms with Gasteiger partial charge in [-0.25, -0.2) is 14.6 Å². The van der Waals surface area contributed by atoms with Crippen LogP contribution >= 0.6 is 0 Å². The lowest BCUT2D eigenvalue weighted by Crippen LogP contribution is -2.55. The molecule has 3 amide bonds. The van der Waals surface area contributed by atoms with Gasteiger partial charge in [-0.15, -0.1) is 0 Å². The van der Waals surface area contributed by atoms with Gasteiger partial charge in [-0.1, -0.05) is 68.3 Å². The molecule has 0 radical (unpaired) electrons. The van der Waals surface area contributed by atoms with Crippen LogP contribution in [-0.2, 0) is 19.1 Å². The van der Waals surface area contributed by atoms with Crippen molar-refractivity contribution in [2.45, 2.75) is 50.6 Å². The van der Waals surface area contributed by atoms with Crippen LogP contribution < -0.4 is 10.7 Å². The average molecular weight is 466 g/mol. The molecule has 1 saturated heterocycles. The number of hydrogen-bond donors (Lipinski definition) is 3. The molecule has 1 aliphatic heterocycles. The molecule has 1 unspecified atom stereocenters. The summed E-state index contributed by atoms with van der Waals surface area (Å²) in [6.45, 7) is 2.03. The molecule has 2 aromatic rings. The first-order valence-corrected chi connectivity index (χ1v) is 11.4. The molecular formula is C25H27N3O6. The highest BCUT2D eigenvalue weighted by molar-refractivity contribution is 5.96. The molecule has 1 fully saturated rings. The van der Waals surface area contributed by atoms with Crippen molar-refractivity contribution in [2.75, 3.05) is 6.61 Å². The van der Waals surface area contributed by atoms with Gasteiger partial charge in [0.15, 0.2) is 6.04 Å². The van der Waals surface area contributed by atoms with E-state index in [4.69, 9.17) is 4.74 Å². The third kappa shape index (κ3) is 4.59. The number of aliphatic carboxylic acids is 1. The lowest BCUT2D eigenvalue weighted by atomic mass is 9.98. The summed E-state index contributed by atoms with van der Waals surface area (Å²) >= 11 is 0. The Morgan fingerprint density at radius 1 is 1.12 bits per heavy atom. The first kappa shape index (κ1) is 23.3. The third-order valence-corrected chi connectivity index (χ3v) is 6.24. The van der Waals surface area contributed by atoms with Gasteiger partial charge in [-0.3, -0.25) is 15.0 Å². The number of nitrogens with zero attached hydrogens (tertiary/aromatic N) is 1. The Balaban J connectivity index is 1.44. The Bertz CT molecular complexity index is 1070. The molecule has 0 spiro atoms. The highest BCUT2D eigenvalue weighted by Crippen LogP contribution is 2.44. The van der Waals surface area contributed by atoms with Crippen LogP contribution in [0.15, 0.2) is 48.5 Å². The lowest BCUT2D eigenvalue weighted by molar-refractivity contribution is -0.151. The predicted molar refractivity (Wildman–Crippen MR) is 123 cm³/mol. The summed E-state index contributed by atoms with van der Waals surface area (Å²) in [6.07, 6.45) is 0.587. The fourth-order valence-electron chi connectivity index (χ4n) is 4.55. The summed E-state index contributed by atoms with van der Waals surface area (Å²) in [6, 6.07) is 13.6. The zero-order valence-electron chi connectivity index (χ0n) is 18.8. The highest BCUT2D eigenvalue weighted by Gasteiger charge is 2.41. The zero-order valence-corrected chi connectivity index (χ0v) is 18.8. The Kier molecular flexibility index (Phi) is 6.81. The number of amides is 3. The van der Waals surface area contributed by atoms with Crippen molar-refractivity contribution in [2.24, 2.45) is 0 Å². The van der Waals surface area contributed by atoms with E-state index in [-0.39, 0.29) is 25.4 Å². The van der Waals surface area contributed by atoms with Gasteiger partial charge in [0.2, 0.25) is 5.91 Å². The molecule has 3 N–H and O–H groups in total. The molecule has 9 nitrogen and oxygen atoms in total. The summed E-state index contributed by atoms with van der Waals surface area (Å²) in [5, 5.41) is 12.7. The SMILES string of the molecule is CCCC[C@H](NC(=O)OCC1c2ccccc2-c2ccccc21)C(=O)N1NC(=O)CC1C(=O)O. The van der Waals surface area contributed by atoms with E-state index in [2.05, 4.69) is 10.7 Å². The number of fused-ring (bicyclic) bond motifs is 3. The van der Waals surface area contributed by atoms with Gasteiger partial charge in [0.1, 0.15) is 12.6 Å². The Morgan fingerprint density at radius 2 is 1.74 bits per heavy atom. The largest absolute Gasteiger partial charge is 0.480 e. The molecular weight excluding hydrogens is 438 g/mol. The predicted octanol–water partition coefficient (Wildman–Crippen LogP) is 2.80. The van der Waals surface area contributed by atoms with E-state index < -0.39 is 36.0 Å². The van der Waals surface area contributed by atoms with Crippen molar-refractivity contribution in [3.05, 3.63) is 59.7 Å². The number of alkyl carbamates (subject to hydrolysis) is 1. The molecule has 2 atom stereocenters. The molecule has 0 bridgehead atoms. The molecule has 0 saturated carbocycles. The van der Waals surface area contributed by atoms with Crippen LogP contribution in [0.2, 0.25) is 0 Å². The van der Waals surface area contributed by atoms with E-state index in [1.54, 1.807) is 0 Å². The van der Waals surface area contributed by atoms with Gasteiger partial charge in [-0.05, 0) is 28.7 Å². The molecule has 9 heteroatoms. The van der Waals surface area contributed by atoms with E-state index in [1.807, 2.05) is 55.5 Å². The average Bonchev–Trinajstić information content (AvgIpc) is 3.38. The number of hydrogen-bond acceptors (Lipinski definition) is 5. The van der Waals surface area contributed by atoms with Crippen molar-refractivity contribution in [3.63, 3.8) is 0 Å². The Labute approximate surface area is 197 Å². The van der Waals surface area contributed by atoms with Gasteiger partial charge < -0.3 is 15.2 Å². The van der Waals surface area contributed by atoms with Crippen molar-refractivity contribution >= 4 is 23.9 Å². The van der Waals surface area contributed by atoms with Crippen molar-refractivity contribution in [3.8, 4) is 11.1 Å². The van der Waals surface area contributed by atoms with Gasteiger partial charge >= 0.3 is 12.1 Å². The van der Waals surface area contributed by atoms with E-state index in [1.165, 1.54) is 0 Å². The number of carboxylic acid groups (broad SMARTS) is 1. The van der Waals surface area contributed by atoms with E-state index in [9.17, 15) is 24.3 Å². The molecule has 0 aromatic heterocycles. The van der Waals surface area contributed by atoms with E-state index in [0.29, 0.717) is 6.42 Å². The summed E-state index contributed by atoms with van der Waals surface area (Å²) in [4.78, 5) is 48.9. The molecule has 34 heavy (non-hydrogen) atoms. The summed E-state index contributed by atoms with van der Waals surface area (Å²) in [5.74, 6) is -2.66. The summed E-state index contributed by atoms with van der Waals surface area (Å²) in [5.41, 5.74) is 6.63. The lowest BCUT2D eigenvalue weighted by Gasteiger charge is -2.26. The van der Waals surface area contributed by atoms with E-state index >= 15 is 0 Å². The molecule has 2 aliphatic rings. The Morgan fingerprint density at radius 3 is 2.32 bits per heavy atom. The maximum absolute atomic E-state index is 13.0. The third-order valence-electron chi connectivity index (χ3n) is 6.24. The van der Waals surface area contributed by atoms with Crippen molar-refractivity contribution < 1.29 is 29.0 Å². The van der Waals surface area contributed by atoms with Crippen LogP contribution in [0.4, 0.5) is 4.79 Å². The first-order chi connectivity index (χ1) is 16.4. The normalized spacial score (nSPS) is 17.5. The quantitative estimate of drug-likeness (QED) is 0.551. The zero-order chi connectivity index (χ0) is 24.2. The topological polar surface area (TPSA) is 125 Å². The minimum Gasteiger partial charge on any atom is -0.480 e. The number of unbranched alkanes of at least 4 members (excludes halogenated alkanes) is 1. The van der Waals surface area contributed by atoms with Gasteiger partial charge in [-0.2, -0.15) is 0 Å². The number of benzene rings is 2. The smallest absolute Gasteiger partial charge is 0.407 e. The molecule has 1 aliphatic carbocycles. The second kappa shape index (κ2) is 9.94. The fraction of sp³-hybridized carbons (Fsp3) is 0.360. The van der Waals surface area contributed by atoms with Crippen LogP contribution in [-0.4, -0.2) is 52.7 Å². The van der Waals surface area contributed by atoms with Gasteiger partial charge in [0, 0.05) is 5.92 Å². The fourth-order valence-corrected chi connectivity index (χ4v) is 4.55. The highest BCUT2D eigenvalue weighted by atomic mass is 16.5. The van der Waals surface area contributed by atoms with Gasteiger partial charge in [0.25, 0.3) is 5.91 Å². The molecule has 1 heterocycles. The molecule has 4 rings (SSSR count). The maximum Gasteiger partial charge on any atom is 0.407 e. The number of hydrazine groups is 1. The molecule has 2 aromatic carbocycles. The minimum absolute atomic E-state index is 0.0900. The Hall–Kier alpha value is -3.88. The summed E-state index contributed by atoms with van der Waals surface area (Å²) in [7, 11) is 0. The number of rotatable bonds is 8. The maximum atomic E-state index is 13.0. The van der Waals surface area contributed by atoms with Crippen molar-refractivity contribution in [1.82, 2.24) is 15.8 Å². The standard InChI is InChI=1S/C25H27N3O6/c1-2-3-12-20(23(30)28-21(24(31)32)13-22(29)27-28)26-25(33)34-14-19-17-10-6-4-8-15(17)16-9-5-7-11-18(16)19/h4-11,19-21H,2-3,12-14H2,1H3,(H,26,33)(H,27,29)(H,31,32)/t20-,21?/m0/s1. The second-order valence-electron chi connectivity index (χ2n) is 8.47. The summed E-state index contributed by atoms with van der Waals surface area (Å²) < 4.78 is 5.53. The monoisotopic (exact) mass is 465 g/mol. The van der Waals surface area contributed by atoms with Crippen LogP contribution in [0.5, 0.6) is 0 Å². The van der Waals surface area contributed by atoms with Crippen LogP contribution in [0, 0.1) is 0 Å². The number of carbonyl (C=O) groups is 4. The number of nitrogens with one attached hydrogen (secondary N) is 2. The van der Waals surface area contributed by atoms with Gasteiger partial charge in [0.05, 0.1) is 6.42 Å². The van der Waals surface area contributed by atoms with Crippen molar-refractivity contribution in [1.29, 1.82) is 0 Å². The molecule has 178 valence electrons. The number of carbonyl (C=O) groups excluding carboxylic acids is 3. The second-order valence-corrected chi connectivity index (χ2v) is 8.47. The first-order valence-electron chi connectivity index (χ1n) is 11.4. The number of carboxylic acids is 1. The van der Waals surface area contributed by atoms with Crippen LogP contribution in [0.3, 0.4) is 0 Å². The van der Waals surface area contributed by atoms with Crippen LogP contribution in [0.1, 0.15) is 49.7 Å². The minimum atomic E-state index is -1.31.